The molecule has 0 bridgehead atoms. The largest absolute Gasteiger partial charge is 0.497 e. The molecule has 1 N–H and O–H groups in total. The number of carbonyl (C=O) groups is 2. The quantitative estimate of drug-likeness (QED) is 0.281. The minimum atomic E-state index is -1.25. The molecule has 0 amide bonds. The van der Waals surface area contributed by atoms with Crippen LogP contribution in [0.3, 0.4) is 0 Å². The lowest BCUT2D eigenvalue weighted by atomic mass is 9.89. The van der Waals surface area contributed by atoms with Crippen molar-refractivity contribution in [2.24, 2.45) is 0 Å². The first-order valence-electron chi connectivity index (χ1n) is 10.5. The van der Waals surface area contributed by atoms with Crippen molar-refractivity contribution in [3.63, 3.8) is 0 Å². The van der Waals surface area contributed by atoms with Crippen LogP contribution >= 0.6 is 0 Å². The van der Waals surface area contributed by atoms with Crippen LogP contribution < -0.4 is 14.2 Å². The molecule has 3 aromatic carbocycles. The fraction of sp³-hybridized carbons (Fsp3) is 0.154. The lowest BCUT2D eigenvalue weighted by Gasteiger charge is -2.15. The summed E-state index contributed by atoms with van der Waals surface area (Å²) in [5, 5.41) is 17.8. The van der Waals surface area contributed by atoms with Gasteiger partial charge in [0.2, 0.25) is 0 Å². The molecule has 0 spiro atoms. The molecule has 0 aliphatic heterocycles. The zero-order valence-corrected chi connectivity index (χ0v) is 19.3. The van der Waals surface area contributed by atoms with Crippen LogP contribution in [0.15, 0.2) is 70.9 Å². The Morgan fingerprint density at radius 3 is 2.14 bits per heavy atom. The van der Waals surface area contributed by atoms with Crippen LogP contribution in [0.4, 0.5) is 0 Å². The van der Waals surface area contributed by atoms with Crippen LogP contribution in [-0.4, -0.2) is 48.5 Å². The summed E-state index contributed by atoms with van der Waals surface area (Å²) in [6.07, 6.45) is 0.0297. The second-order valence-electron chi connectivity index (χ2n) is 7.55. The number of carboxylic acids is 1. The summed E-state index contributed by atoms with van der Waals surface area (Å²) in [4.78, 5) is 26.2. The number of carbonyl (C=O) groups excluding carboxylic acids is 1. The number of hydrogen-bond donors (Lipinski definition) is 1. The van der Waals surface area contributed by atoms with E-state index in [-0.39, 0.29) is 17.6 Å². The van der Waals surface area contributed by atoms with Crippen molar-refractivity contribution in [3.05, 3.63) is 82.9 Å². The van der Waals surface area contributed by atoms with E-state index >= 15 is 0 Å². The van der Waals surface area contributed by atoms with Crippen molar-refractivity contribution in [2.75, 3.05) is 21.3 Å². The van der Waals surface area contributed by atoms with Gasteiger partial charge in [0.1, 0.15) is 16.8 Å². The maximum Gasteiger partial charge on any atom is 0.336 e. The van der Waals surface area contributed by atoms with Crippen molar-refractivity contribution in [1.29, 1.82) is 0 Å². The van der Waals surface area contributed by atoms with E-state index in [1.165, 1.54) is 27.4 Å². The van der Waals surface area contributed by atoms with E-state index in [4.69, 9.17) is 18.8 Å². The molecule has 0 saturated carbocycles. The van der Waals surface area contributed by atoms with E-state index in [1.54, 1.807) is 54.6 Å². The average molecular weight is 474 g/mol. The van der Waals surface area contributed by atoms with Gasteiger partial charge in [0.15, 0.2) is 17.3 Å². The number of allylic oxidation sites excluding steroid dienone is 1. The van der Waals surface area contributed by atoms with E-state index in [2.05, 4.69) is 10.3 Å². The topological polar surface area (TPSA) is 121 Å². The molecule has 4 aromatic rings. The SMILES string of the molecule is COc1ccc(C(=O)/C(Cc2ccc(OC)c(OC)c2)=C(/C(=O)O)c2ccc3nonc3c2)cc1. The van der Waals surface area contributed by atoms with Gasteiger partial charge in [-0.15, -0.1) is 0 Å². The first-order valence-corrected chi connectivity index (χ1v) is 10.5. The molecule has 0 radical (unpaired) electrons. The van der Waals surface area contributed by atoms with Crippen molar-refractivity contribution < 1.29 is 33.5 Å². The first kappa shape index (κ1) is 23.5. The number of aromatic nitrogens is 2. The van der Waals surface area contributed by atoms with E-state index in [9.17, 15) is 14.7 Å². The van der Waals surface area contributed by atoms with Crippen molar-refractivity contribution >= 4 is 28.4 Å². The van der Waals surface area contributed by atoms with Gasteiger partial charge in [0, 0.05) is 17.6 Å². The molecular formula is C26H22N2O7. The number of carboxylic acid groups (broad SMARTS) is 1. The van der Waals surface area contributed by atoms with Gasteiger partial charge in [-0.25, -0.2) is 9.42 Å². The van der Waals surface area contributed by atoms with E-state index in [0.29, 0.717) is 45.0 Å². The molecule has 0 aliphatic rings. The minimum absolute atomic E-state index is 0.0297. The first-order chi connectivity index (χ1) is 16.9. The lowest BCUT2D eigenvalue weighted by molar-refractivity contribution is -0.130. The monoisotopic (exact) mass is 474 g/mol. The summed E-state index contributed by atoms with van der Waals surface area (Å²) in [6.45, 7) is 0. The Kier molecular flexibility index (Phi) is 6.77. The maximum absolute atomic E-state index is 13.7. The zero-order chi connectivity index (χ0) is 24.9. The van der Waals surface area contributed by atoms with Gasteiger partial charge in [-0.05, 0) is 70.0 Å². The van der Waals surface area contributed by atoms with Crippen LogP contribution in [0.25, 0.3) is 16.6 Å². The Balaban J connectivity index is 1.89. The van der Waals surface area contributed by atoms with Crippen LogP contribution in [0, 0.1) is 0 Å². The number of methoxy groups -OCH3 is 3. The summed E-state index contributed by atoms with van der Waals surface area (Å²) >= 11 is 0. The van der Waals surface area contributed by atoms with Crippen molar-refractivity contribution in [3.8, 4) is 17.2 Å². The van der Waals surface area contributed by atoms with Gasteiger partial charge < -0.3 is 19.3 Å². The molecule has 178 valence electrons. The highest BCUT2D eigenvalue weighted by molar-refractivity contribution is 6.26. The summed E-state index contributed by atoms with van der Waals surface area (Å²) in [5.74, 6) is -0.121. The summed E-state index contributed by atoms with van der Waals surface area (Å²) in [5.41, 5.74) is 2.09. The Morgan fingerprint density at radius 1 is 0.800 bits per heavy atom. The highest BCUT2D eigenvalue weighted by atomic mass is 16.6. The summed E-state index contributed by atoms with van der Waals surface area (Å²) < 4.78 is 20.6. The Morgan fingerprint density at radius 2 is 1.49 bits per heavy atom. The molecule has 4 rings (SSSR count). The van der Waals surface area contributed by atoms with Gasteiger partial charge in [-0.2, -0.15) is 0 Å². The van der Waals surface area contributed by atoms with Crippen LogP contribution in [0.2, 0.25) is 0 Å². The molecule has 9 heteroatoms. The number of Topliss-reactive ketones (excluding diaryl/α,β-unsaturated/α-hetero) is 1. The van der Waals surface area contributed by atoms with Gasteiger partial charge in [-0.3, -0.25) is 4.79 Å². The second-order valence-corrected chi connectivity index (χ2v) is 7.55. The van der Waals surface area contributed by atoms with Gasteiger partial charge in [-0.1, -0.05) is 12.1 Å². The van der Waals surface area contributed by atoms with Crippen molar-refractivity contribution in [1.82, 2.24) is 10.3 Å². The molecule has 0 fully saturated rings. The molecule has 0 saturated heterocycles. The molecule has 0 atom stereocenters. The number of ether oxygens (including phenoxy) is 3. The Labute approximate surface area is 200 Å². The molecule has 0 unspecified atom stereocenters. The number of hydrogen-bond acceptors (Lipinski definition) is 8. The van der Waals surface area contributed by atoms with Crippen LogP contribution in [-0.2, 0) is 11.2 Å². The molecule has 35 heavy (non-hydrogen) atoms. The number of benzene rings is 3. The summed E-state index contributed by atoms with van der Waals surface area (Å²) in [6, 6.07) is 16.4. The van der Waals surface area contributed by atoms with Crippen molar-refractivity contribution in [2.45, 2.75) is 6.42 Å². The van der Waals surface area contributed by atoms with E-state index in [1.807, 2.05) is 0 Å². The zero-order valence-electron chi connectivity index (χ0n) is 19.3. The highest BCUT2D eigenvalue weighted by Gasteiger charge is 2.25. The van der Waals surface area contributed by atoms with Crippen LogP contribution in [0.1, 0.15) is 21.5 Å². The molecule has 1 heterocycles. The fourth-order valence-corrected chi connectivity index (χ4v) is 3.76. The number of fused-ring (bicyclic) bond motifs is 1. The Bertz CT molecular complexity index is 1420. The minimum Gasteiger partial charge on any atom is -0.497 e. The maximum atomic E-state index is 13.7. The van der Waals surface area contributed by atoms with E-state index < -0.39 is 11.8 Å². The van der Waals surface area contributed by atoms with Gasteiger partial charge >= 0.3 is 5.97 Å². The predicted octanol–water partition coefficient (Wildman–Crippen LogP) is 4.21. The third kappa shape index (κ3) is 4.84. The van der Waals surface area contributed by atoms with E-state index in [0.717, 1.165) is 0 Å². The normalized spacial score (nSPS) is 11.6. The number of rotatable bonds is 9. The molecule has 0 aliphatic carbocycles. The molecule has 9 nitrogen and oxygen atoms in total. The standard InChI is InChI=1S/C26H22N2O7/c1-32-18-8-5-16(6-9-18)25(29)19(12-15-4-11-22(33-2)23(13-15)34-3)24(26(30)31)17-7-10-20-21(14-17)28-35-27-20/h4-11,13-14H,12H2,1-3H3,(H,30,31)/b24-19+. The second kappa shape index (κ2) is 10.1. The third-order valence-electron chi connectivity index (χ3n) is 5.51. The molecule has 1 aromatic heterocycles. The summed E-state index contributed by atoms with van der Waals surface area (Å²) in [7, 11) is 4.55. The number of ketones is 1. The van der Waals surface area contributed by atoms with Gasteiger partial charge in [0.05, 0.1) is 26.9 Å². The average Bonchev–Trinajstić information content (AvgIpc) is 3.35. The fourth-order valence-electron chi connectivity index (χ4n) is 3.76. The number of nitrogens with zero attached hydrogens (tertiary/aromatic N) is 2. The molecular weight excluding hydrogens is 452 g/mol. The smallest absolute Gasteiger partial charge is 0.336 e. The lowest BCUT2D eigenvalue weighted by Crippen LogP contribution is -2.14. The predicted molar refractivity (Wildman–Crippen MR) is 127 cm³/mol. The van der Waals surface area contributed by atoms with Crippen LogP contribution in [0.5, 0.6) is 17.2 Å². The number of aliphatic carboxylic acids is 1. The Hall–Kier alpha value is -4.66. The highest BCUT2D eigenvalue weighted by Crippen LogP contribution is 2.32. The van der Waals surface area contributed by atoms with Gasteiger partial charge in [0.25, 0.3) is 0 Å². The third-order valence-corrected chi connectivity index (χ3v) is 5.51.